The van der Waals surface area contributed by atoms with Crippen LogP contribution < -0.4 is 24.8 Å². The van der Waals surface area contributed by atoms with Crippen LogP contribution in [0.15, 0.2) is 71.9 Å². The number of hydrogen-bond donors (Lipinski definition) is 2. The Morgan fingerprint density at radius 2 is 1.76 bits per heavy atom. The Labute approximate surface area is 202 Å². The van der Waals surface area contributed by atoms with Gasteiger partial charge in [0.05, 0.1) is 29.5 Å². The molecule has 3 aromatic carbocycles. The van der Waals surface area contributed by atoms with Crippen molar-refractivity contribution in [3.8, 4) is 17.2 Å². The first-order valence-electron chi connectivity index (χ1n) is 11.2. The van der Waals surface area contributed by atoms with Crippen molar-refractivity contribution in [1.82, 2.24) is 0 Å². The largest absolute Gasteiger partial charge is 0.497 e. The standard InChI is InChI=1S/C27H23ClN2O4/c1-32-17-6-4-5-15(9-17)16-10-22-26(23(31)11-16)27(30-21-8-3-2-7-20(21)29-22)18-12-24-25(13-19(18)28)34-14-33-24/h2-9,12-13,16,27,29-30H,10-11,14H2,1H3/t16-,27-/m0/s1. The number of Topliss-reactive ketones (excluding diaryl/α,β-unsaturated/α-hetero) is 1. The molecule has 2 atom stereocenters. The first-order chi connectivity index (χ1) is 16.6. The molecule has 2 aliphatic heterocycles. The number of anilines is 2. The second kappa shape index (κ2) is 8.29. The van der Waals surface area contributed by atoms with Crippen LogP contribution in [0.2, 0.25) is 5.02 Å². The van der Waals surface area contributed by atoms with Crippen LogP contribution in [0.3, 0.4) is 0 Å². The van der Waals surface area contributed by atoms with Crippen molar-refractivity contribution < 1.29 is 19.0 Å². The number of ketones is 1. The minimum absolute atomic E-state index is 0.0481. The molecule has 6 rings (SSSR count). The maximum Gasteiger partial charge on any atom is 0.231 e. The lowest BCUT2D eigenvalue weighted by Gasteiger charge is -2.30. The molecule has 0 saturated carbocycles. The fraction of sp³-hybridized carbons (Fsp3) is 0.222. The Balaban J connectivity index is 1.47. The van der Waals surface area contributed by atoms with Crippen LogP contribution in [-0.4, -0.2) is 19.7 Å². The Hall–Kier alpha value is -3.64. The van der Waals surface area contributed by atoms with Gasteiger partial charge in [-0.1, -0.05) is 35.9 Å². The molecule has 0 unspecified atom stereocenters. The molecule has 0 amide bonds. The lowest BCUT2D eigenvalue weighted by molar-refractivity contribution is -0.116. The van der Waals surface area contributed by atoms with E-state index in [2.05, 4.69) is 16.7 Å². The van der Waals surface area contributed by atoms with E-state index in [1.54, 1.807) is 13.2 Å². The van der Waals surface area contributed by atoms with Crippen LogP contribution in [0.25, 0.3) is 0 Å². The van der Waals surface area contributed by atoms with E-state index < -0.39 is 6.04 Å². The average molecular weight is 475 g/mol. The summed E-state index contributed by atoms with van der Waals surface area (Å²) in [4.78, 5) is 13.7. The summed E-state index contributed by atoms with van der Waals surface area (Å²) in [5.74, 6) is 2.16. The maximum atomic E-state index is 13.7. The molecule has 2 heterocycles. The summed E-state index contributed by atoms with van der Waals surface area (Å²) in [6, 6.07) is 19.1. The topological polar surface area (TPSA) is 68.8 Å². The highest BCUT2D eigenvalue weighted by Crippen LogP contribution is 2.47. The quantitative estimate of drug-likeness (QED) is 0.481. The van der Waals surface area contributed by atoms with Crippen LogP contribution >= 0.6 is 11.6 Å². The number of nitrogens with one attached hydrogen (secondary N) is 2. The van der Waals surface area contributed by atoms with Gasteiger partial charge in [-0.05, 0) is 48.2 Å². The molecule has 0 spiro atoms. The van der Waals surface area contributed by atoms with Gasteiger partial charge in [0.1, 0.15) is 5.75 Å². The van der Waals surface area contributed by atoms with Crippen molar-refractivity contribution >= 4 is 28.8 Å². The van der Waals surface area contributed by atoms with E-state index in [0.717, 1.165) is 33.9 Å². The second-order valence-corrected chi connectivity index (χ2v) is 9.08. The molecule has 1 aliphatic carbocycles. The Morgan fingerprint density at radius 3 is 2.59 bits per heavy atom. The predicted molar refractivity (Wildman–Crippen MR) is 131 cm³/mol. The van der Waals surface area contributed by atoms with Crippen molar-refractivity contribution in [3.63, 3.8) is 0 Å². The molecule has 0 bridgehead atoms. The predicted octanol–water partition coefficient (Wildman–Crippen LogP) is 6.06. The van der Waals surface area contributed by atoms with Gasteiger partial charge in [0.15, 0.2) is 17.3 Å². The van der Waals surface area contributed by atoms with Gasteiger partial charge in [0.2, 0.25) is 6.79 Å². The number of carbonyl (C=O) groups excluding carboxylic acids is 1. The minimum Gasteiger partial charge on any atom is -0.497 e. The third kappa shape index (κ3) is 3.55. The van der Waals surface area contributed by atoms with Gasteiger partial charge in [-0.3, -0.25) is 4.79 Å². The molecule has 0 fully saturated rings. The molecule has 7 heteroatoms. The molecule has 34 heavy (non-hydrogen) atoms. The average Bonchev–Trinajstić information content (AvgIpc) is 3.23. The first-order valence-corrected chi connectivity index (χ1v) is 11.6. The van der Waals surface area contributed by atoms with Gasteiger partial charge in [-0.25, -0.2) is 0 Å². The molecule has 6 nitrogen and oxygen atoms in total. The lowest BCUT2D eigenvalue weighted by Crippen LogP contribution is -2.27. The number of halogens is 1. The highest BCUT2D eigenvalue weighted by atomic mass is 35.5. The highest BCUT2D eigenvalue weighted by molar-refractivity contribution is 6.31. The third-order valence-corrected chi connectivity index (χ3v) is 7.00. The van der Waals surface area contributed by atoms with E-state index in [4.69, 9.17) is 25.8 Å². The number of benzene rings is 3. The van der Waals surface area contributed by atoms with Crippen molar-refractivity contribution in [3.05, 3.63) is 88.1 Å². The number of para-hydroxylation sites is 2. The fourth-order valence-corrected chi connectivity index (χ4v) is 5.27. The lowest BCUT2D eigenvalue weighted by atomic mass is 9.78. The summed E-state index contributed by atoms with van der Waals surface area (Å²) in [5.41, 5.74) is 5.31. The number of fused-ring (bicyclic) bond motifs is 2. The van der Waals surface area contributed by atoms with Crippen molar-refractivity contribution in [2.75, 3.05) is 24.5 Å². The monoisotopic (exact) mass is 474 g/mol. The number of allylic oxidation sites excluding steroid dienone is 1. The zero-order chi connectivity index (χ0) is 23.2. The van der Waals surface area contributed by atoms with Crippen LogP contribution in [-0.2, 0) is 4.79 Å². The SMILES string of the molecule is COc1cccc([C@@H]2CC(=O)C3=C(C2)Nc2ccccc2N[C@H]3c2cc3c(cc2Cl)OCO3)c1. The van der Waals surface area contributed by atoms with Crippen LogP contribution in [0.5, 0.6) is 17.2 Å². The van der Waals surface area contributed by atoms with E-state index in [0.29, 0.717) is 34.9 Å². The molecule has 3 aromatic rings. The summed E-state index contributed by atoms with van der Waals surface area (Å²) >= 11 is 6.71. The zero-order valence-electron chi connectivity index (χ0n) is 18.6. The number of ether oxygens (including phenoxy) is 3. The van der Waals surface area contributed by atoms with Gasteiger partial charge < -0.3 is 24.8 Å². The third-order valence-electron chi connectivity index (χ3n) is 6.68. The van der Waals surface area contributed by atoms with E-state index in [9.17, 15) is 4.79 Å². The number of rotatable bonds is 3. The molecule has 172 valence electrons. The fourth-order valence-electron chi connectivity index (χ4n) is 5.01. The van der Waals surface area contributed by atoms with Crippen LogP contribution in [0, 0.1) is 0 Å². The van der Waals surface area contributed by atoms with Gasteiger partial charge >= 0.3 is 0 Å². The Morgan fingerprint density at radius 1 is 0.971 bits per heavy atom. The number of hydrogen-bond acceptors (Lipinski definition) is 6. The minimum atomic E-state index is -0.424. The Bertz CT molecular complexity index is 1340. The summed E-state index contributed by atoms with van der Waals surface area (Å²) in [7, 11) is 1.65. The molecule has 0 radical (unpaired) electrons. The summed E-state index contributed by atoms with van der Waals surface area (Å²) in [6.45, 7) is 0.159. The molecule has 0 saturated heterocycles. The maximum absolute atomic E-state index is 13.7. The van der Waals surface area contributed by atoms with Gasteiger partial charge in [0.25, 0.3) is 0 Å². The highest BCUT2D eigenvalue weighted by Gasteiger charge is 2.37. The van der Waals surface area contributed by atoms with Crippen molar-refractivity contribution in [2.45, 2.75) is 24.8 Å². The van der Waals surface area contributed by atoms with E-state index in [-0.39, 0.29) is 18.5 Å². The van der Waals surface area contributed by atoms with E-state index in [1.165, 1.54) is 0 Å². The molecular weight excluding hydrogens is 452 g/mol. The van der Waals surface area contributed by atoms with Crippen molar-refractivity contribution in [1.29, 1.82) is 0 Å². The number of methoxy groups -OCH3 is 1. The molecule has 2 N–H and O–H groups in total. The van der Waals surface area contributed by atoms with E-state index in [1.807, 2.05) is 48.5 Å². The van der Waals surface area contributed by atoms with Gasteiger partial charge in [0, 0.05) is 29.3 Å². The first kappa shape index (κ1) is 20.9. The Kier molecular flexibility index (Phi) is 5.11. The normalized spacial score (nSPS) is 20.6. The van der Waals surface area contributed by atoms with Gasteiger partial charge in [-0.15, -0.1) is 0 Å². The smallest absolute Gasteiger partial charge is 0.231 e. The van der Waals surface area contributed by atoms with Gasteiger partial charge in [-0.2, -0.15) is 0 Å². The van der Waals surface area contributed by atoms with Crippen LogP contribution in [0.4, 0.5) is 11.4 Å². The molecule has 3 aliphatic rings. The summed E-state index contributed by atoms with van der Waals surface area (Å²) < 4.78 is 16.5. The number of carbonyl (C=O) groups is 1. The zero-order valence-corrected chi connectivity index (χ0v) is 19.3. The second-order valence-electron chi connectivity index (χ2n) is 8.67. The van der Waals surface area contributed by atoms with E-state index >= 15 is 0 Å². The van der Waals surface area contributed by atoms with Crippen molar-refractivity contribution in [2.24, 2.45) is 0 Å². The van der Waals surface area contributed by atoms with Crippen LogP contribution in [0.1, 0.15) is 35.9 Å². The summed E-state index contributed by atoms with van der Waals surface area (Å²) in [5, 5.41) is 7.65. The molecule has 0 aromatic heterocycles. The molecular formula is C27H23ClN2O4. The summed E-state index contributed by atoms with van der Waals surface area (Å²) in [6.07, 6.45) is 1.10.